The lowest BCUT2D eigenvalue weighted by Gasteiger charge is -2.13. The Morgan fingerprint density at radius 2 is 1.67 bits per heavy atom. The first kappa shape index (κ1) is 14.6. The maximum Gasteiger partial charge on any atom is 0.337 e. The molecule has 108 valence electrons. The molecule has 5 heteroatoms. The maximum absolute atomic E-state index is 12.0. The summed E-state index contributed by atoms with van der Waals surface area (Å²) >= 11 is 0. The van der Waals surface area contributed by atoms with E-state index in [9.17, 15) is 14.7 Å². The van der Waals surface area contributed by atoms with Crippen LogP contribution in [0.1, 0.15) is 21.5 Å². The summed E-state index contributed by atoms with van der Waals surface area (Å²) < 4.78 is 0. The van der Waals surface area contributed by atoms with Crippen LogP contribution < -0.4 is 10.6 Å². The molecule has 2 aromatic rings. The Balaban J connectivity index is 2.23. The Hall–Kier alpha value is -2.82. The summed E-state index contributed by atoms with van der Waals surface area (Å²) in [4.78, 5) is 23.3. The lowest BCUT2D eigenvalue weighted by atomic mass is 10.0. The van der Waals surface area contributed by atoms with Gasteiger partial charge in [-0.3, -0.25) is 0 Å². The average molecular weight is 284 g/mol. The average Bonchev–Trinajstić information content (AvgIpc) is 2.42. The predicted octanol–water partition coefficient (Wildman–Crippen LogP) is 3.65. The van der Waals surface area contributed by atoms with Crippen LogP contribution in [0.5, 0.6) is 0 Å². The van der Waals surface area contributed by atoms with E-state index in [1.54, 1.807) is 31.2 Å². The summed E-state index contributed by atoms with van der Waals surface area (Å²) in [5.74, 6) is -1.07. The molecule has 0 aliphatic heterocycles. The molecular weight excluding hydrogens is 268 g/mol. The first-order valence-corrected chi connectivity index (χ1v) is 6.45. The smallest absolute Gasteiger partial charge is 0.337 e. The lowest BCUT2D eigenvalue weighted by Crippen LogP contribution is -2.21. The van der Waals surface area contributed by atoms with Crippen molar-refractivity contribution < 1.29 is 14.7 Å². The summed E-state index contributed by atoms with van der Waals surface area (Å²) in [6.07, 6.45) is 0. The van der Waals surface area contributed by atoms with Crippen LogP contribution in [0.2, 0.25) is 0 Å². The van der Waals surface area contributed by atoms with E-state index in [4.69, 9.17) is 0 Å². The highest BCUT2D eigenvalue weighted by Gasteiger charge is 2.15. The first-order valence-electron chi connectivity index (χ1n) is 6.45. The Bertz CT molecular complexity index is 681. The van der Waals surface area contributed by atoms with Crippen molar-refractivity contribution in [2.75, 3.05) is 10.6 Å². The van der Waals surface area contributed by atoms with Crippen molar-refractivity contribution in [3.05, 3.63) is 59.2 Å². The van der Waals surface area contributed by atoms with Crippen LogP contribution >= 0.6 is 0 Å². The van der Waals surface area contributed by atoms with Crippen molar-refractivity contribution in [1.82, 2.24) is 0 Å². The molecule has 0 unspecified atom stereocenters. The van der Waals surface area contributed by atoms with Gasteiger partial charge in [-0.2, -0.15) is 0 Å². The third-order valence-corrected chi connectivity index (χ3v) is 2.98. The van der Waals surface area contributed by atoms with Gasteiger partial charge in [0.1, 0.15) is 0 Å². The Morgan fingerprint density at radius 3 is 2.29 bits per heavy atom. The third-order valence-electron chi connectivity index (χ3n) is 2.98. The molecule has 0 aromatic heterocycles. The van der Waals surface area contributed by atoms with E-state index in [2.05, 4.69) is 10.6 Å². The fourth-order valence-electron chi connectivity index (χ4n) is 2.10. The molecule has 0 aliphatic carbocycles. The molecule has 0 heterocycles. The molecule has 0 aliphatic rings. The van der Waals surface area contributed by atoms with Crippen molar-refractivity contribution in [1.29, 1.82) is 0 Å². The van der Waals surface area contributed by atoms with Gasteiger partial charge in [0, 0.05) is 5.69 Å². The van der Waals surface area contributed by atoms with Crippen LogP contribution in [0.4, 0.5) is 16.2 Å². The number of benzene rings is 2. The van der Waals surface area contributed by atoms with E-state index in [1.165, 1.54) is 6.07 Å². The van der Waals surface area contributed by atoms with E-state index in [-0.39, 0.29) is 5.56 Å². The second-order valence-corrected chi connectivity index (χ2v) is 4.75. The van der Waals surface area contributed by atoms with Gasteiger partial charge < -0.3 is 15.7 Å². The van der Waals surface area contributed by atoms with E-state index in [1.807, 2.05) is 19.1 Å². The van der Waals surface area contributed by atoms with Gasteiger partial charge in [0.05, 0.1) is 11.3 Å². The van der Waals surface area contributed by atoms with Crippen molar-refractivity contribution in [2.45, 2.75) is 13.8 Å². The van der Waals surface area contributed by atoms with Crippen LogP contribution in [-0.4, -0.2) is 17.1 Å². The highest BCUT2D eigenvalue weighted by Crippen LogP contribution is 2.23. The predicted molar refractivity (Wildman–Crippen MR) is 82.0 cm³/mol. The largest absolute Gasteiger partial charge is 0.478 e. The van der Waals surface area contributed by atoms with Gasteiger partial charge in [-0.25, -0.2) is 9.59 Å². The number of urea groups is 1. The minimum absolute atomic E-state index is 0.0794. The molecular formula is C16H16N2O3. The minimum atomic E-state index is -1.07. The van der Waals surface area contributed by atoms with Crippen molar-refractivity contribution >= 4 is 23.4 Å². The number of aryl methyl sites for hydroxylation is 2. The Labute approximate surface area is 122 Å². The normalized spacial score (nSPS) is 10.0. The quantitative estimate of drug-likeness (QED) is 0.805. The monoisotopic (exact) mass is 284 g/mol. The lowest BCUT2D eigenvalue weighted by molar-refractivity contribution is 0.0698. The van der Waals surface area contributed by atoms with Crippen molar-refractivity contribution in [3.8, 4) is 0 Å². The van der Waals surface area contributed by atoms with Gasteiger partial charge in [0.15, 0.2) is 0 Å². The Morgan fingerprint density at radius 1 is 1.00 bits per heavy atom. The molecule has 21 heavy (non-hydrogen) atoms. The SMILES string of the molecule is Cc1cc(C)c(NC(=O)Nc2ccccc2)c(C(=O)O)c1. The fraction of sp³-hybridized carbons (Fsp3) is 0.125. The van der Waals surface area contributed by atoms with Crippen LogP contribution in [0, 0.1) is 13.8 Å². The van der Waals surface area contributed by atoms with Crippen LogP contribution in [0.25, 0.3) is 0 Å². The number of aromatic carboxylic acids is 1. The second-order valence-electron chi connectivity index (χ2n) is 4.75. The van der Waals surface area contributed by atoms with Gasteiger partial charge in [-0.05, 0) is 43.2 Å². The Kier molecular flexibility index (Phi) is 4.23. The van der Waals surface area contributed by atoms with Crippen LogP contribution in [-0.2, 0) is 0 Å². The molecule has 0 spiro atoms. The molecule has 3 N–H and O–H groups in total. The first-order chi connectivity index (χ1) is 9.97. The summed E-state index contributed by atoms with van der Waals surface area (Å²) in [6, 6.07) is 11.8. The number of anilines is 2. The molecule has 0 saturated carbocycles. The molecule has 2 aromatic carbocycles. The summed E-state index contributed by atoms with van der Waals surface area (Å²) in [5.41, 5.74) is 2.56. The van der Waals surface area contributed by atoms with Gasteiger partial charge in [0.25, 0.3) is 0 Å². The number of para-hydroxylation sites is 1. The van der Waals surface area contributed by atoms with Gasteiger partial charge >= 0.3 is 12.0 Å². The highest BCUT2D eigenvalue weighted by atomic mass is 16.4. The third kappa shape index (κ3) is 3.60. The van der Waals surface area contributed by atoms with E-state index >= 15 is 0 Å². The summed E-state index contributed by atoms with van der Waals surface area (Å²) in [7, 11) is 0. The molecule has 0 atom stereocenters. The zero-order valence-corrected chi connectivity index (χ0v) is 11.8. The minimum Gasteiger partial charge on any atom is -0.478 e. The number of carboxylic acid groups (broad SMARTS) is 1. The van der Waals surface area contributed by atoms with E-state index in [0.717, 1.165) is 5.56 Å². The standard InChI is InChI=1S/C16H16N2O3/c1-10-8-11(2)14(13(9-10)15(19)20)18-16(21)17-12-6-4-3-5-7-12/h3-9H,1-2H3,(H,19,20)(H2,17,18,21). The van der Waals surface area contributed by atoms with Crippen molar-refractivity contribution in [2.24, 2.45) is 0 Å². The molecule has 5 nitrogen and oxygen atoms in total. The van der Waals surface area contributed by atoms with Crippen LogP contribution in [0.3, 0.4) is 0 Å². The molecule has 0 bridgehead atoms. The van der Waals surface area contributed by atoms with E-state index < -0.39 is 12.0 Å². The van der Waals surface area contributed by atoms with Crippen LogP contribution in [0.15, 0.2) is 42.5 Å². The zero-order valence-electron chi connectivity index (χ0n) is 11.8. The summed E-state index contributed by atoms with van der Waals surface area (Å²) in [5, 5.41) is 14.5. The maximum atomic E-state index is 12.0. The fourth-order valence-corrected chi connectivity index (χ4v) is 2.10. The number of rotatable bonds is 3. The number of carboxylic acids is 1. The second kappa shape index (κ2) is 6.09. The molecule has 0 radical (unpaired) electrons. The number of hydrogen-bond acceptors (Lipinski definition) is 2. The van der Waals surface area contributed by atoms with E-state index in [0.29, 0.717) is 16.9 Å². The van der Waals surface area contributed by atoms with Gasteiger partial charge in [-0.1, -0.05) is 24.3 Å². The number of hydrogen-bond donors (Lipinski definition) is 3. The van der Waals surface area contributed by atoms with Gasteiger partial charge in [-0.15, -0.1) is 0 Å². The molecule has 2 rings (SSSR count). The van der Waals surface area contributed by atoms with Crippen molar-refractivity contribution in [3.63, 3.8) is 0 Å². The molecule has 0 fully saturated rings. The highest BCUT2D eigenvalue weighted by molar-refractivity contribution is 6.05. The number of carbonyl (C=O) groups excluding carboxylic acids is 1. The summed E-state index contributed by atoms with van der Waals surface area (Å²) in [6.45, 7) is 3.57. The molecule has 2 amide bonds. The topological polar surface area (TPSA) is 78.4 Å². The number of carbonyl (C=O) groups is 2. The number of nitrogens with one attached hydrogen (secondary N) is 2. The zero-order chi connectivity index (χ0) is 15.4. The molecule has 0 saturated heterocycles. The number of amides is 2. The van der Waals surface area contributed by atoms with Gasteiger partial charge in [0.2, 0.25) is 0 Å².